The number of aromatic amines is 1. The maximum absolute atomic E-state index is 12.6. The van der Waals surface area contributed by atoms with Crippen LogP contribution in [0.4, 0.5) is 0 Å². The molecule has 2 heterocycles. The van der Waals surface area contributed by atoms with E-state index in [0.717, 1.165) is 27.8 Å². The molecule has 0 aliphatic heterocycles. The van der Waals surface area contributed by atoms with E-state index < -0.39 is 0 Å². The van der Waals surface area contributed by atoms with Crippen LogP contribution in [0.3, 0.4) is 0 Å². The molecule has 0 aliphatic carbocycles. The molecule has 3 rings (SSSR count). The number of allylic oxidation sites excluding steroid dienone is 2. The van der Waals surface area contributed by atoms with Crippen LogP contribution >= 0.6 is 0 Å². The predicted octanol–water partition coefficient (Wildman–Crippen LogP) is 3.89. The highest BCUT2D eigenvalue weighted by Gasteiger charge is 2.14. The molecule has 0 saturated heterocycles. The first kappa shape index (κ1) is 15.2. The standard InChI is InChI=1S/C19H20N2O2/c1-4-5-10-21-12-16(14-8-9-20-18(14)19(21)22)15-11-13(2)6-7-17(15)23-3/h4-9,11-12,20H,10H2,1-3H3/b5-4+. The highest BCUT2D eigenvalue weighted by molar-refractivity contribution is 5.95. The summed E-state index contributed by atoms with van der Waals surface area (Å²) in [5.41, 5.74) is 3.74. The third kappa shape index (κ3) is 2.68. The third-order valence-corrected chi connectivity index (χ3v) is 3.98. The summed E-state index contributed by atoms with van der Waals surface area (Å²) < 4.78 is 7.24. The van der Waals surface area contributed by atoms with E-state index in [9.17, 15) is 4.79 Å². The molecule has 0 unspecified atom stereocenters. The number of methoxy groups -OCH3 is 1. The number of aryl methyl sites for hydroxylation is 1. The maximum Gasteiger partial charge on any atom is 0.275 e. The summed E-state index contributed by atoms with van der Waals surface area (Å²) in [7, 11) is 1.67. The van der Waals surface area contributed by atoms with Crippen LogP contribution in [0.15, 0.2) is 53.6 Å². The van der Waals surface area contributed by atoms with E-state index >= 15 is 0 Å². The fourth-order valence-electron chi connectivity index (χ4n) is 2.80. The van der Waals surface area contributed by atoms with E-state index in [4.69, 9.17) is 4.74 Å². The summed E-state index contributed by atoms with van der Waals surface area (Å²) in [6.45, 7) is 4.54. The molecule has 23 heavy (non-hydrogen) atoms. The first-order valence-electron chi connectivity index (χ1n) is 7.62. The van der Waals surface area contributed by atoms with Crippen LogP contribution in [-0.4, -0.2) is 16.7 Å². The SMILES string of the molecule is C/C=C/Cn1cc(-c2cc(C)ccc2OC)c2cc[nH]c2c1=O. The molecule has 1 aromatic carbocycles. The van der Waals surface area contributed by atoms with Crippen molar-refractivity contribution in [1.29, 1.82) is 0 Å². The van der Waals surface area contributed by atoms with Gasteiger partial charge in [-0.15, -0.1) is 0 Å². The smallest absolute Gasteiger partial charge is 0.275 e. The monoisotopic (exact) mass is 308 g/mol. The van der Waals surface area contributed by atoms with Gasteiger partial charge < -0.3 is 14.3 Å². The lowest BCUT2D eigenvalue weighted by atomic mass is 10.0. The van der Waals surface area contributed by atoms with Gasteiger partial charge in [-0.25, -0.2) is 0 Å². The molecular formula is C19H20N2O2. The normalized spacial score (nSPS) is 11.4. The fraction of sp³-hybridized carbons (Fsp3) is 0.211. The molecule has 0 aliphatic rings. The highest BCUT2D eigenvalue weighted by Crippen LogP contribution is 2.34. The molecule has 0 amide bonds. The lowest BCUT2D eigenvalue weighted by Gasteiger charge is -2.13. The summed E-state index contributed by atoms with van der Waals surface area (Å²) in [5.74, 6) is 0.800. The van der Waals surface area contributed by atoms with Crippen LogP contribution in [0.1, 0.15) is 12.5 Å². The van der Waals surface area contributed by atoms with Gasteiger partial charge in [-0.1, -0.05) is 23.8 Å². The van der Waals surface area contributed by atoms with Crippen LogP contribution in [0.2, 0.25) is 0 Å². The van der Waals surface area contributed by atoms with Crippen molar-refractivity contribution < 1.29 is 4.74 Å². The lowest BCUT2D eigenvalue weighted by molar-refractivity contribution is 0.416. The summed E-state index contributed by atoms with van der Waals surface area (Å²) in [4.78, 5) is 15.6. The minimum atomic E-state index is -0.0153. The van der Waals surface area contributed by atoms with Crippen molar-refractivity contribution in [3.05, 3.63) is 64.7 Å². The molecule has 118 valence electrons. The van der Waals surface area contributed by atoms with Crippen molar-refractivity contribution in [3.63, 3.8) is 0 Å². The van der Waals surface area contributed by atoms with Crippen molar-refractivity contribution in [2.45, 2.75) is 20.4 Å². The first-order valence-corrected chi connectivity index (χ1v) is 7.62. The van der Waals surface area contributed by atoms with Gasteiger partial charge in [0.25, 0.3) is 5.56 Å². The summed E-state index contributed by atoms with van der Waals surface area (Å²) >= 11 is 0. The number of ether oxygens (including phenoxy) is 1. The second kappa shape index (κ2) is 6.16. The number of nitrogens with zero attached hydrogens (tertiary/aromatic N) is 1. The average Bonchev–Trinajstić information content (AvgIpc) is 3.04. The second-order valence-electron chi connectivity index (χ2n) is 5.54. The number of hydrogen-bond acceptors (Lipinski definition) is 2. The number of aromatic nitrogens is 2. The van der Waals surface area contributed by atoms with E-state index in [0.29, 0.717) is 12.1 Å². The highest BCUT2D eigenvalue weighted by atomic mass is 16.5. The Morgan fingerprint density at radius 2 is 2.09 bits per heavy atom. The third-order valence-electron chi connectivity index (χ3n) is 3.98. The zero-order chi connectivity index (χ0) is 16.4. The number of rotatable bonds is 4. The quantitative estimate of drug-likeness (QED) is 0.743. The van der Waals surface area contributed by atoms with Crippen LogP contribution in [0, 0.1) is 6.92 Å². The zero-order valence-corrected chi connectivity index (χ0v) is 13.6. The Morgan fingerprint density at radius 3 is 2.83 bits per heavy atom. The lowest BCUT2D eigenvalue weighted by Crippen LogP contribution is -2.19. The Balaban J connectivity index is 2.33. The van der Waals surface area contributed by atoms with Crippen LogP contribution < -0.4 is 10.3 Å². The van der Waals surface area contributed by atoms with E-state index in [-0.39, 0.29) is 5.56 Å². The van der Waals surface area contributed by atoms with Crippen LogP contribution in [0.5, 0.6) is 5.75 Å². The molecule has 0 radical (unpaired) electrons. The van der Waals surface area contributed by atoms with Gasteiger partial charge >= 0.3 is 0 Å². The minimum Gasteiger partial charge on any atom is -0.496 e. The molecular weight excluding hydrogens is 288 g/mol. The number of H-pyrrole nitrogens is 1. The molecule has 4 heteroatoms. The fourth-order valence-corrected chi connectivity index (χ4v) is 2.80. The van der Waals surface area contributed by atoms with Crippen molar-refractivity contribution in [1.82, 2.24) is 9.55 Å². The van der Waals surface area contributed by atoms with E-state index in [1.165, 1.54) is 0 Å². The number of hydrogen-bond donors (Lipinski definition) is 1. The topological polar surface area (TPSA) is 47.0 Å². The number of benzene rings is 1. The van der Waals surface area contributed by atoms with Gasteiger partial charge in [0.1, 0.15) is 11.3 Å². The van der Waals surface area contributed by atoms with E-state index in [1.807, 2.05) is 50.4 Å². The zero-order valence-electron chi connectivity index (χ0n) is 13.6. The van der Waals surface area contributed by atoms with Gasteiger partial charge in [-0.05, 0) is 32.0 Å². The van der Waals surface area contributed by atoms with Gasteiger partial charge in [0.2, 0.25) is 0 Å². The largest absolute Gasteiger partial charge is 0.496 e. The van der Waals surface area contributed by atoms with Crippen molar-refractivity contribution >= 4 is 10.9 Å². The van der Waals surface area contributed by atoms with Crippen molar-refractivity contribution in [2.24, 2.45) is 0 Å². The molecule has 0 atom stereocenters. The Morgan fingerprint density at radius 1 is 1.26 bits per heavy atom. The average molecular weight is 308 g/mol. The first-order chi connectivity index (χ1) is 11.2. The van der Waals surface area contributed by atoms with Gasteiger partial charge in [-0.3, -0.25) is 4.79 Å². The predicted molar refractivity (Wildman–Crippen MR) is 94.1 cm³/mol. The Labute approximate surface area is 135 Å². The number of nitrogens with one attached hydrogen (secondary N) is 1. The Bertz CT molecular complexity index is 932. The Hall–Kier alpha value is -2.75. The molecule has 0 saturated carbocycles. The molecule has 2 aromatic heterocycles. The molecule has 0 bridgehead atoms. The number of pyridine rings is 1. The summed E-state index contributed by atoms with van der Waals surface area (Å²) in [6, 6.07) is 8.01. The summed E-state index contributed by atoms with van der Waals surface area (Å²) in [5, 5.41) is 0.913. The summed E-state index contributed by atoms with van der Waals surface area (Å²) in [6.07, 6.45) is 7.62. The Kier molecular flexibility index (Phi) is 4.06. The van der Waals surface area contributed by atoms with E-state index in [1.54, 1.807) is 17.9 Å². The van der Waals surface area contributed by atoms with Crippen molar-refractivity contribution in [3.8, 4) is 16.9 Å². The minimum absolute atomic E-state index is 0.0153. The van der Waals surface area contributed by atoms with Gasteiger partial charge in [-0.2, -0.15) is 0 Å². The molecule has 4 nitrogen and oxygen atoms in total. The maximum atomic E-state index is 12.6. The molecule has 0 fully saturated rings. The van der Waals surface area contributed by atoms with Crippen LogP contribution in [-0.2, 0) is 6.54 Å². The molecule has 1 N–H and O–H groups in total. The van der Waals surface area contributed by atoms with Crippen molar-refractivity contribution in [2.75, 3.05) is 7.11 Å². The van der Waals surface area contributed by atoms with E-state index in [2.05, 4.69) is 11.1 Å². The molecule has 0 spiro atoms. The van der Waals surface area contributed by atoms with Gasteiger partial charge in [0.05, 0.1) is 7.11 Å². The van der Waals surface area contributed by atoms with Crippen LogP contribution in [0.25, 0.3) is 22.0 Å². The molecule has 3 aromatic rings. The number of fused-ring (bicyclic) bond motifs is 1. The van der Waals surface area contributed by atoms with Gasteiger partial charge in [0, 0.05) is 35.5 Å². The second-order valence-corrected chi connectivity index (χ2v) is 5.54. The van der Waals surface area contributed by atoms with Gasteiger partial charge in [0.15, 0.2) is 0 Å².